The normalized spacial score (nSPS) is 14.6. The molecule has 0 saturated carbocycles. The van der Waals surface area contributed by atoms with Crippen LogP contribution in [0.15, 0.2) is 5.10 Å². The summed E-state index contributed by atoms with van der Waals surface area (Å²) >= 11 is 0. The van der Waals surface area contributed by atoms with E-state index in [-0.39, 0.29) is 30.6 Å². The van der Waals surface area contributed by atoms with E-state index in [1.807, 2.05) is 0 Å². The Morgan fingerprint density at radius 3 is 2.72 bits per heavy atom. The smallest absolute Gasteiger partial charge is 0.305 e. The van der Waals surface area contributed by atoms with Gasteiger partial charge in [-0.25, -0.2) is 5.43 Å². The molecule has 0 bridgehead atoms. The number of esters is 1. The fraction of sp³-hybridized carbons (Fsp3) is 0.636. The first-order valence-electron chi connectivity index (χ1n) is 5.72. The van der Waals surface area contributed by atoms with Gasteiger partial charge in [-0.1, -0.05) is 0 Å². The lowest BCUT2D eigenvalue weighted by Gasteiger charge is -2.19. The van der Waals surface area contributed by atoms with Crippen molar-refractivity contribution in [3.05, 3.63) is 0 Å². The summed E-state index contributed by atoms with van der Waals surface area (Å²) in [5.41, 5.74) is 2.62. The Bertz CT molecular complexity index is 378. The predicted octanol–water partition coefficient (Wildman–Crippen LogP) is -0.336. The minimum Gasteiger partial charge on any atom is -0.469 e. The van der Waals surface area contributed by atoms with E-state index in [9.17, 15) is 14.4 Å². The van der Waals surface area contributed by atoms with Gasteiger partial charge in [0.15, 0.2) is 0 Å². The monoisotopic (exact) mass is 255 g/mol. The lowest BCUT2D eigenvalue weighted by molar-refractivity contribution is -0.141. The van der Waals surface area contributed by atoms with Crippen molar-refractivity contribution in [1.29, 1.82) is 0 Å². The molecule has 1 aliphatic heterocycles. The van der Waals surface area contributed by atoms with Gasteiger partial charge in [-0.3, -0.25) is 14.4 Å². The van der Waals surface area contributed by atoms with Gasteiger partial charge in [-0.05, 0) is 6.42 Å². The van der Waals surface area contributed by atoms with Gasteiger partial charge in [0, 0.05) is 32.9 Å². The highest BCUT2D eigenvalue weighted by atomic mass is 16.5. The Kier molecular flexibility index (Phi) is 5.29. The largest absolute Gasteiger partial charge is 0.469 e. The summed E-state index contributed by atoms with van der Waals surface area (Å²) in [6, 6.07) is 0. The molecule has 18 heavy (non-hydrogen) atoms. The van der Waals surface area contributed by atoms with E-state index in [2.05, 4.69) is 15.3 Å². The summed E-state index contributed by atoms with van der Waals surface area (Å²) in [7, 11) is 2.97. The number of hydrazone groups is 1. The number of methoxy groups -OCH3 is 1. The second kappa shape index (κ2) is 6.73. The van der Waals surface area contributed by atoms with Crippen molar-refractivity contribution >= 4 is 23.5 Å². The third-order valence-electron chi connectivity index (χ3n) is 2.60. The minimum atomic E-state index is -0.293. The van der Waals surface area contributed by atoms with Crippen molar-refractivity contribution in [3.8, 4) is 0 Å². The Morgan fingerprint density at radius 1 is 1.44 bits per heavy atom. The van der Waals surface area contributed by atoms with E-state index in [4.69, 9.17) is 0 Å². The zero-order chi connectivity index (χ0) is 13.5. The van der Waals surface area contributed by atoms with E-state index in [1.54, 1.807) is 7.05 Å². The molecular formula is C11H17N3O4. The first kappa shape index (κ1) is 14.1. The molecule has 0 radical (unpaired) electrons. The Hall–Kier alpha value is -1.92. The SMILES string of the molecule is COC(=O)CCCN(C)C(=O)C1=NNC(=O)CC1. The first-order valence-corrected chi connectivity index (χ1v) is 5.72. The number of hydrogen-bond acceptors (Lipinski definition) is 5. The van der Waals surface area contributed by atoms with E-state index in [0.717, 1.165) is 0 Å². The molecule has 1 aliphatic rings. The van der Waals surface area contributed by atoms with Crippen molar-refractivity contribution in [2.45, 2.75) is 25.7 Å². The number of amides is 2. The summed E-state index contributed by atoms with van der Waals surface area (Å²) in [4.78, 5) is 35.2. The fourth-order valence-electron chi connectivity index (χ4n) is 1.51. The zero-order valence-electron chi connectivity index (χ0n) is 10.6. The van der Waals surface area contributed by atoms with Crippen molar-refractivity contribution in [2.75, 3.05) is 20.7 Å². The van der Waals surface area contributed by atoms with Crippen LogP contribution in [0.25, 0.3) is 0 Å². The third kappa shape index (κ3) is 4.15. The van der Waals surface area contributed by atoms with Gasteiger partial charge in [-0.15, -0.1) is 0 Å². The molecule has 1 heterocycles. The van der Waals surface area contributed by atoms with Gasteiger partial charge in [0.25, 0.3) is 5.91 Å². The number of nitrogens with zero attached hydrogens (tertiary/aromatic N) is 2. The van der Waals surface area contributed by atoms with Gasteiger partial charge >= 0.3 is 5.97 Å². The maximum absolute atomic E-state index is 11.9. The van der Waals surface area contributed by atoms with Crippen LogP contribution in [0.5, 0.6) is 0 Å². The molecule has 0 atom stereocenters. The van der Waals surface area contributed by atoms with Gasteiger partial charge < -0.3 is 9.64 Å². The summed E-state index contributed by atoms with van der Waals surface area (Å²) in [6.45, 7) is 0.445. The van der Waals surface area contributed by atoms with Gasteiger partial charge in [-0.2, -0.15) is 5.10 Å². The van der Waals surface area contributed by atoms with Crippen molar-refractivity contribution in [3.63, 3.8) is 0 Å². The summed E-state index contributed by atoms with van der Waals surface area (Å²) in [5, 5.41) is 3.73. The topological polar surface area (TPSA) is 88.1 Å². The molecule has 1 rings (SSSR count). The molecule has 0 aliphatic carbocycles. The maximum atomic E-state index is 11.9. The summed E-state index contributed by atoms with van der Waals surface area (Å²) in [6.07, 6.45) is 1.44. The van der Waals surface area contributed by atoms with Crippen molar-refractivity contribution in [1.82, 2.24) is 10.3 Å². The number of carbonyl (C=O) groups is 3. The molecule has 1 N–H and O–H groups in total. The van der Waals surface area contributed by atoms with Gasteiger partial charge in [0.05, 0.1) is 7.11 Å². The zero-order valence-corrected chi connectivity index (χ0v) is 10.6. The molecule has 0 unspecified atom stereocenters. The van der Waals surface area contributed by atoms with Crippen LogP contribution in [0.1, 0.15) is 25.7 Å². The number of nitrogens with one attached hydrogen (secondary N) is 1. The second-order valence-electron chi connectivity index (χ2n) is 4.00. The first-order chi connectivity index (χ1) is 8.54. The second-order valence-corrected chi connectivity index (χ2v) is 4.00. The Balaban J connectivity index is 2.37. The van der Waals surface area contributed by atoms with Crippen LogP contribution in [-0.4, -0.2) is 49.1 Å². The Morgan fingerprint density at radius 2 is 2.17 bits per heavy atom. The number of ether oxygens (including phenoxy) is 1. The fourth-order valence-corrected chi connectivity index (χ4v) is 1.51. The molecule has 100 valence electrons. The van der Waals surface area contributed by atoms with E-state index < -0.39 is 0 Å². The van der Waals surface area contributed by atoms with Crippen LogP contribution in [0, 0.1) is 0 Å². The predicted molar refractivity (Wildman–Crippen MR) is 63.7 cm³/mol. The number of hydrogen-bond donors (Lipinski definition) is 1. The van der Waals surface area contributed by atoms with Crippen LogP contribution >= 0.6 is 0 Å². The molecule has 2 amide bonds. The third-order valence-corrected chi connectivity index (χ3v) is 2.60. The molecule has 7 nitrogen and oxygen atoms in total. The Labute approximate surface area is 105 Å². The lowest BCUT2D eigenvalue weighted by Crippen LogP contribution is -2.38. The number of rotatable bonds is 5. The molecule has 0 aromatic rings. The molecule has 0 aromatic heterocycles. The van der Waals surface area contributed by atoms with Crippen molar-refractivity contribution in [2.24, 2.45) is 5.10 Å². The highest BCUT2D eigenvalue weighted by Crippen LogP contribution is 2.04. The van der Waals surface area contributed by atoms with E-state index >= 15 is 0 Å². The number of carbonyl (C=O) groups excluding carboxylic acids is 3. The van der Waals surface area contributed by atoms with Gasteiger partial charge in [0.2, 0.25) is 5.91 Å². The highest BCUT2D eigenvalue weighted by Gasteiger charge is 2.21. The average molecular weight is 255 g/mol. The van der Waals surface area contributed by atoms with Crippen LogP contribution in [0.4, 0.5) is 0 Å². The highest BCUT2D eigenvalue weighted by molar-refractivity contribution is 6.39. The molecular weight excluding hydrogens is 238 g/mol. The van der Waals surface area contributed by atoms with Crippen LogP contribution < -0.4 is 5.43 Å². The lowest BCUT2D eigenvalue weighted by atomic mass is 10.1. The molecule has 0 fully saturated rings. The van der Waals surface area contributed by atoms with E-state index in [1.165, 1.54) is 12.0 Å². The van der Waals surface area contributed by atoms with Crippen LogP contribution in [0.3, 0.4) is 0 Å². The minimum absolute atomic E-state index is 0.181. The summed E-state index contributed by atoms with van der Waals surface area (Å²) in [5.74, 6) is -0.696. The quantitative estimate of drug-likeness (QED) is 0.681. The van der Waals surface area contributed by atoms with Crippen LogP contribution in [-0.2, 0) is 19.1 Å². The van der Waals surface area contributed by atoms with Gasteiger partial charge in [0.1, 0.15) is 5.71 Å². The van der Waals surface area contributed by atoms with Crippen molar-refractivity contribution < 1.29 is 19.1 Å². The molecule has 0 spiro atoms. The average Bonchev–Trinajstić information content (AvgIpc) is 2.38. The molecule has 0 aromatic carbocycles. The standard InChI is InChI=1S/C11H17N3O4/c1-14(7-3-4-10(16)18-2)11(17)8-5-6-9(15)13-12-8/h3-7H2,1-2H3,(H,13,15). The van der Waals surface area contributed by atoms with Crippen LogP contribution in [0.2, 0.25) is 0 Å². The van der Waals surface area contributed by atoms with E-state index in [0.29, 0.717) is 25.1 Å². The summed E-state index contributed by atoms with van der Waals surface area (Å²) < 4.78 is 4.51. The molecule has 7 heteroatoms. The maximum Gasteiger partial charge on any atom is 0.305 e. The molecule has 0 saturated heterocycles.